The van der Waals surface area contributed by atoms with Crippen LogP contribution in [0.15, 0.2) is 24.0 Å². The molecule has 0 fully saturated rings. The molecule has 0 heterocycles. The lowest BCUT2D eigenvalue weighted by Gasteiger charge is -1.85. The van der Waals surface area contributed by atoms with Crippen LogP contribution in [0.1, 0.15) is 6.92 Å². The van der Waals surface area contributed by atoms with Crippen molar-refractivity contribution in [3.63, 3.8) is 0 Å². The van der Waals surface area contributed by atoms with Gasteiger partial charge < -0.3 is 15.7 Å². The highest BCUT2D eigenvalue weighted by Crippen LogP contribution is 1.87. The van der Waals surface area contributed by atoms with E-state index in [0.717, 1.165) is 6.08 Å². The highest BCUT2D eigenvalue weighted by Gasteiger charge is 1.98. The van der Waals surface area contributed by atoms with Gasteiger partial charge in [-0.05, 0) is 13.0 Å². The second-order valence-corrected chi connectivity index (χ2v) is 1.38. The Morgan fingerprint density at radius 2 is 1.90 bits per heavy atom. The maximum Gasteiger partial charge on any atom is 0.370 e. The summed E-state index contributed by atoms with van der Waals surface area (Å²) in [5.41, 5.74) is 0. The van der Waals surface area contributed by atoms with E-state index in [0.29, 0.717) is 0 Å². The maximum absolute atomic E-state index is 9.85. The molecule has 0 saturated heterocycles. The second-order valence-electron chi connectivity index (χ2n) is 1.38. The van der Waals surface area contributed by atoms with Crippen molar-refractivity contribution in [2.75, 3.05) is 0 Å². The minimum absolute atomic E-state index is 0. The van der Waals surface area contributed by atoms with E-state index in [2.05, 4.69) is 0 Å². The number of aliphatic hydroxyl groups is 1. The van der Waals surface area contributed by atoms with E-state index in [9.17, 15) is 4.79 Å². The van der Waals surface area contributed by atoms with Gasteiger partial charge in [-0.2, -0.15) is 0 Å². The molecule has 0 aromatic heterocycles. The summed E-state index contributed by atoms with van der Waals surface area (Å²) in [6.07, 6.45) is 4.19. The molecule has 0 aromatic carbocycles. The molecule has 58 valence electrons. The Labute approximate surface area is 58.4 Å². The number of hydrogen-bond acceptors (Lipinski definition) is 2. The first kappa shape index (κ1) is 11.5. The topological polar surface area (TPSA) is 89.0 Å². The van der Waals surface area contributed by atoms with E-state index >= 15 is 0 Å². The van der Waals surface area contributed by atoms with Gasteiger partial charge in [-0.15, -0.1) is 0 Å². The van der Waals surface area contributed by atoms with Crippen molar-refractivity contribution in [3.8, 4) is 0 Å². The minimum atomic E-state index is -1.31. The highest BCUT2D eigenvalue weighted by molar-refractivity contribution is 5.83. The van der Waals surface area contributed by atoms with Gasteiger partial charge in [-0.3, -0.25) is 0 Å². The summed E-state index contributed by atoms with van der Waals surface area (Å²) in [6, 6.07) is 0. The third kappa shape index (κ3) is 4.86. The molecule has 0 spiro atoms. The monoisotopic (exact) mass is 146 g/mol. The lowest BCUT2D eigenvalue weighted by molar-refractivity contribution is -0.135. The molecular formula is C6H10O4. The molecule has 0 saturated carbocycles. The standard InChI is InChI=1S/C6H8O3.H2O/c1-2-3-4-5(7)6(8)9;/h2-4,7H,1H3,(H,8,9);1H2/b3-2+,5-4-;. The average molecular weight is 146 g/mol. The van der Waals surface area contributed by atoms with Crippen molar-refractivity contribution in [2.24, 2.45) is 0 Å². The van der Waals surface area contributed by atoms with Gasteiger partial charge in [0.15, 0.2) is 0 Å². The molecule has 0 aromatic rings. The van der Waals surface area contributed by atoms with Crippen LogP contribution in [0, 0.1) is 0 Å². The van der Waals surface area contributed by atoms with Crippen LogP contribution in [-0.4, -0.2) is 21.7 Å². The van der Waals surface area contributed by atoms with Gasteiger partial charge in [0, 0.05) is 0 Å². The summed E-state index contributed by atoms with van der Waals surface area (Å²) < 4.78 is 0. The van der Waals surface area contributed by atoms with Crippen LogP contribution in [0.4, 0.5) is 0 Å². The average Bonchev–Trinajstić information content (AvgIpc) is 1.82. The molecule has 0 rings (SSSR count). The van der Waals surface area contributed by atoms with Crippen LogP contribution in [0.3, 0.4) is 0 Å². The smallest absolute Gasteiger partial charge is 0.370 e. The number of carboxylic acid groups (broad SMARTS) is 1. The van der Waals surface area contributed by atoms with Crippen molar-refractivity contribution in [1.29, 1.82) is 0 Å². The van der Waals surface area contributed by atoms with Gasteiger partial charge in [0.1, 0.15) is 0 Å². The summed E-state index contributed by atoms with van der Waals surface area (Å²) in [5.74, 6) is -1.96. The van der Waals surface area contributed by atoms with Crippen LogP contribution in [-0.2, 0) is 4.79 Å². The van der Waals surface area contributed by atoms with Crippen LogP contribution < -0.4 is 0 Å². The van der Waals surface area contributed by atoms with Crippen LogP contribution in [0.2, 0.25) is 0 Å². The minimum Gasteiger partial charge on any atom is -0.502 e. The van der Waals surface area contributed by atoms with Crippen molar-refractivity contribution < 1.29 is 20.5 Å². The molecule has 4 N–H and O–H groups in total. The van der Waals surface area contributed by atoms with Gasteiger partial charge in [0.2, 0.25) is 5.76 Å². The van der Waals surface area contributed by atoms with Gasteiger partial charge in [0.25, 0.3) is 0 Å². The Bertz CT molecular complexity index is 157. The first-order valence-electron chi connectivity index (χ1n) is 2.43. The van der Waals surface area contributed by atoms with Crippen molar-refractivity contribution >= 4 is 5.97 Å². The van der Waals surface area contributed by atoms with E-state index in [1.165, 1.54) is 6.08 Å². The van der Waals surface area contributed by atoms with Gasteiger partial charge in [-0.1, -0.05) is 12.2 Å². The summed E-state index contributed by atoms with van der Waals surface area (Å²) in [6.45, 7) is 1.73. The number of aliphatic carboxylic acids is 1. The molecular weight excluding hydrogens is 136 g/mol. The van der Waals surface area contributed by atoms with Crippen molar-refractivity contribution in [3.05, 3.63) is 24.0 Å². The lowest BCUT2D eigenvalue weighted by Crippen LogP contribution is -1.97. The van der Waals surface area contributed by atoms with E-state index in [1.54, 1.807) is 13.0 Å². The molecule has 0 aliphatic heterocycles. The third-order valence-corrected chi connectivity index (χ3v) is 0.666. The molecule has 0 aliphatic carbocycles. The summed E-state index contributed by atoms with van der Waals surface area (Å²) in [4.78, 5) is 9.85. The summed E-state index contributed by atoms with van der Waals surface area (Å²) >= 11 is 0. The first-order valence-corrected chi connectivity index (χ1v) is 2.43. The number of carbonyl (C=O) groups is 1. The molecule has 0 amide bonds. The molecule has 10 heavy (non-hydrogen) atoms. The number of hydrogen-bond donors (Lipinski definition) is 2. The number of aliphatic hydroxyl groups excluding tert-OH is 1. The van der Waals surface area contributed by atoms with E-state index in [1.807, 2.05) is 0 Å². The number of carboxylic acids is 1. The second kappa shape index (κ2) is 5.84. The lowest BCUT2D eigenvalue weighted by atomic mass is 10.4. The molecule has 4 nitrogen and oxygen atoms in total. The van der Waals surface area contributed by atoms with E-state index < -0.39 is 11.7 Å². The fraction of sp³-hybridized carbons (Fsp3) is 0.167. The molecule has 0 atom stereocenters. The van der Waals surface area contributed by atoms with Gasteiger partial charge in [-0.25, -0.2) is 4.79 Å². The zero-order valence-electron chi connectivity index (χ0n) is 5.53. The predicted octanol–water partition coefficient (Wildman–Crippen LogP) is 0.264. The van der Waals surface area contributed by atoms with Crippen LogP contribution in [0.5, 0.6) is 0 Å². The molecule has 4 heteroatoms. The third-order valence-electron chi connectivity index (χ3n) is 0.666. The number of allylic oxidation sites excluding steroid dienone is 3. The zero-order chi connectivity index (χ0) is 7.28. The quantitative estimate of drug-likeness (QED) is 0.332. The van der Waals surface area contributed by atoms with Crippen molar-refractivity contribution in [1.82, 2.24) is 0 Å². The number of rotatable bonds is 2. The highest BCUT2D eigenvalue weighted by atomic mass is 16.4. The Morgan fingerprint density at radius 3 is 2.20 bits per heavy atom. The maximum atomic E-state index is 9.85. The predicted molar refractivity (Wildman–Crippen MR) is 36.8 cm³/mol. The van der Waals surface area contributed by atoms with Crippen LogP contribution in [0.25, 0.3) is 0 Å². The van der Waals surface area contributed by atoms with Crippen molar-refractivity contribution in [2.45, 2.75) is 6.92 Å². The van der Waals surface area contributed by atoms with E-state index in [4.69, 9.17) is 10.2 Å². The SMILES string of the molecule is C/C=C/C=C(\O)C(=O)O.O. The first-order chi connectivity index (χ1) is 4.18. The van der Waals surface area contributed by atoms with Crippen LogP contribution >= 0.6 is 0 Å². The summed E-state index contributed by atoms with van der Waals surface area (Å²) in [7, 11) is 0. The van der Waals surface area contributed by atoms with E-state index in [-0.39, 0.29) is 5.48 Å². The molecule has 0 radical (unpaired) electrons. The van der Waals surface area contributed by atoms with Gasteiger partial charge in [0.05, 0.1) is 0 Å². The molecule has 0 bridgehead atoms. The Morgan fingerprint density at radius 1 is 1.40 bits per heavy atom. The molecule has 0 unspecified atom stereocenters. The zero-order valence-corrected chi connectivity index (χ0v) is 5.53. The largest absolute Gasteiger partial charge is 0.502 e. The normalized spacial score (nSPS) is 11.1. The Kier molecular flexibility index (Phi) is 6.72. The fourth-order valence-corrected chi connectivity index (χ4v) is 0.259. The fourth-order valence-electron chi connectivity index (χ4n) is 0.259. The Balaban J connectivity index is 0. The summed E-state index contributed by atoms with van der Waals surface area (Å²) in [5, 5.41) is 16.5. The molecule has 0 aliphatic rings. The van der Waals surface area contributed by atoms with Gasteiger partial charge >= 0.3 is 5.97 Å². The Hall–Kier alpha value is -1.29.